The predicted molar refractivity (Wildman–Crippen MR) is 128 cm³/mol. The van der Waals surface area contributed by atoms with E-state index in [-0.39, 0.29) is 29.4 Å². The number of ether oxygens (including phenoxy) is 1. The maximum atomic E-state index is 12.7. The molecule has 0 spiro atoms. The first-order valence-electron chi connectivity index (χ1n) is 10.3. The summed E-state index contributed by atoms with van der Waals surface area (Å²) in [7, 11) is 0. The van der Waals surface area contributed by atoms with Crippen molar-refractivity contribution in [2.24, 2.45) is 0 Å². The molecule has 2 N–H and O–H groups in total. The first-order chi connectivity index (χ1) is 15.8. The number of hydrogen-bond donors (Lipinski definition) is 2. The van der Waals surface area contributed by atoms with E-state index in [0.29, 0.717) is 22.2 Å². The van der Waals surface area contributed by atoms with Crippen LogP contribution in [0, 0.1) is 25.2 Å². The van der Waals surface area contributed by atoms with Crippen molar-refractivity contribution < 1.29 is 18.7 Å². The SMILES string of the molecule is C=CCOC(=O)C1=C(C)NC(SCC(=O)Nc2ccc(C)c(C)c2)=C(C#N)[C@H]1c1ccco1. The van der Waals surface area contributed by atoms with Crippen molar-refractivity contribution in [3.05, 3.63) is 88.0 Å². The van der Waals surface area contributed by atoms with Gasteiger partial charge in [-0.3, -0.25) is 4.79 Å². The minimum atomic E-state index is -0.742. The van der Waals surface area contributed by atoms with E-state index in [2.05, 4.69) is 23.3 Å². The molecule has 0 radical (unpaired) electrons. The Morgan fingerprint density at radius 3 is 2.73 bits per heavy atom. The van der Waals surface area contributed by atoms with Crippen LogP contribution < -0.4 is 10.6 Å². The molecule has 0 bridgehead atoms. The highest BCUT2D eigenvalue weighted by molar-refractivity contribution is 8.03. The van der Waals surface area contributed by atoms with Crippen LogP contribution in [0.2, 0.25) is 0 Å². The van der Waals surface area contributed by atoms with Gasteiger partial charge in [0.15, 0.2) is 0 Å². The van der Waals surface area contributed by atoms with E-state index in [1.807, 2.05) is 32.0 Å². The van der Waals surface area contributed by atoms with Gasteiger partial charge < -0.3 is 19.8 Å². The van der Waals surface area contributed by atoms with Crippen LogP contribution in [0.4, 0.5) is 5.69 Å². The third-order valence-electron chi connectivity index (χ3n) is 5.17. The van der Waals surface area contributed by atoms with Gasteiger partial charge in [0.2, 0.25) is 5.91 Å². The Morgan fingerprint density at radius 1 is 1.30 bits per heavy atom. The molecule has 0 saturated heterocycles. The minimum absolute atomic E-state index is 0.0480. The second-order valence-corrected chi connectivity index (χ2v) is 8.48. The first-order valence-corrected chi connectivity index (χ1v) is 11.3. The number of amides is 1. The molecule has 0 aliphatic carbocycles. The van der Waals surface area contributed by atoms with E-state index in [9.17, 15) is 14.9 Å². The third-order valence-corrected chi connectivity index (χ3v) is 6.18. The van der Waals surface area contributed by atoms with E-state index < -0.39 is 11.9 Å². The number of benzene rings is 1. The topological polar surface area (TPSA) is 104 Å². The molecule has 7 nitrogen and oxygen atoms in total. The fraction of sp³-hybridized carbons (Fsp3) is 0.240. The summed E-state index contributed by atoms with van der Waals surface area (Å²) >= 11 is 1.19. The number of anilines is 1. The van der Waals surface area contributed by atoms with E-state index in [1.54, 1.807) is 19.1 Å². The molecule has 3 rings (SSSR count). The molecule has 0 unspecified atom stereocenters. The Morgan fingerprint density at radius 2 is 2.09 bits per heavy atom. The molecule has 1 atom stereocenters. The van der Waals surface area contributed by atoms with Crippen LogP contribution in [-0.4, -0.2) is 24.2 Å². The first kappa shape index (κ1) is 24.0. The number of aryl methyl sites for hydroxylation is 2. The van der Waals surface area contributed by atoms with Gasteiger partial charge in [-0.05, 0) is 56.2 Å². The van der Waals surface area contributed by atoms with Gasteiger partial charge in [-0.25, -0.2) is 4.79 Å². The molecule has 1 aliphatic heterocycles. The second kappa shape index (κ2) is 10.7. The van der Waals surface area contributed by atoms with E-state index in [0.717, 1.165) is 11.1 Å². The molecular formula is C25H25N3O4S. The van der Waals surface area contributed by atoms with E-state index >= 15 is 0 Å². The number of rotatable bonds is 8. The van der Waals surface area contributed by atoms with Gasteiger partial charge in [-0.15, -0.1) is 0 Å². The van der Waals surface area contributed by atoms with Gasteiger partial charge in [-0.2, -0.15) is 5.26 Å². The van der Waals surface area contributed by atoms with Gasteiger partial charge in [-0.1, -0.05) is 30.5 Å². The number of esters is 1. The average molecular weight is 464 g/mol. The van der Waals surface area contributed by atoms with Crippen LogP contribution in [-0.2, 0) is 14.3 Å². The number of hydrogen-bond acceptors (Lipinski definition) is 7. The van der Waals surface area contributed by atoms with E-state index in [1.165, 1.54) is 24.1 Å². The maximum Gasteiger partial charge on any atom is 0.337 e. The largest absolute Gasteiger partial charge is 0.468 e. The van der Waals surface area contributed by atoms with Crippen molar-refractivity contribution in [1.29, 1.82) is 5.26 Å². The lowest BCUT2D eigenvalue weighted by Crippen LogP contribution is -2.29. The molecule has 2 aromatic rings. The van der Waals surface area contributed by atoms with E-state index in [4.69, 9.17) is 9.15 Å². The molecule has 1 amide bonds. The summed E-state index contributed by atoms with van der Waals surface area (Å²) < 4.78 is 10.8. The molecule has 1 aromatic heterocycles. The zero-order chi connectivity index (χ0) is 24.0. The molecule has 1 aromatic carbocycles. The number of nitrogens with one attached hydrogen (secondary N) is 2. The highest BCUT2D eigenvalue weighted by Crippen LogP contribution is 2.41. The summed E-state index contributed by atoms with van der Waals surface area (Å²) in [6, 6.07) is 11.3. The summed E-state index contributed by atoms with van der Waals surface area (Å²) in [5.41, 5.74) is 4.04. The Kier molecular flexibility index (Phi) is 7.80. The molecule has 0 fully saturated rings. The lowest BCUT2D eigenvalue weighted by atomic mass is 9.86. The normalized spacial score (nSPS) is 15.5. The maximum absolute atomic E-state index is 12.7. The lowest BCUT2D eigenvalue weighted by molar-refractivity contribution is -0.138. The number of allylic oxidation sites excluding steroid dienone is 2. The van der Waals surface area contributed by atoms with Gasteiger partial charge >= 0.3 is 5.97 Å². The van der Waals surface area contributed by atoms with Crippen LogP contribution in [0.15, 0.2) is 75.5 Å². The van der Waals surface area contributed by atoms with Crippen molar-refractivity contribution in [2.75, 3.05) is 17.7 Å². The number of nitrogens with zero attached hydrogens (tertiary/aromatic N) is 1. The quantitative estimate of drug-likeness (QED) is 0.432. The molecule has 0 saturated carbocycles. The number of thioether (sulfide) groups is 1. The third kappa shape index (κ3) is 5.57. The van der Waals surface area contributed by atoms with Crippen LogP contribution in [0.25, 0.3) is 0 Å². The van der Waals surface area contributed by atoms with Gasteiger partial charge in [0.1, 0.15) is 12.4 Å². The van der Waals surface area contributed by atoms with Crippen LogP contribution in [0.1, 0.15) is 29.7 Å². The van der Waals surface area contributed by atoms with Gasteiger partial charge in [0.05, 0.1) is 40.2 Å². The summed E-state index contributed by atoms with van der Waals surface area (Å²) in [6.45, 7) is 9.32. The average Bonchev–Trinajstić information content (AvgIpc) is 3.32. The molecule has 8 heteroatoms. The second-order valence-electron chi connectivity index (χ2n) is 7.49. The fourth-order valence-electron chi connectivity index (χ4n) is 3.40. The smallest absolute Gasteiger partial charge is 0.337 e. The van der Waals surface area contributed by atoms with Crippen molar-refractivity contribution in [3.8, 4) is 6.07 Å². The zero-order valence-electron chi connectivity index (χ0n) is 18.7. The van der Waals surface area contributed by atoms with Crippen molar-refractivity contribution in [1.82, 2.24) is 5.32 Å². The van der Waals surface area contributed by atoms with Gasteiger partial charge in [0, 0.05) is 11.4 Å². The van der Waals surface area contributed by atoms with Crippen LogP contribution >= 0.6 is 11.8 Å². The van der Waals surface area contributed by atoms with Crippen LogP contribution in [0.5, 0.6) is 0 Å². The molecule has 170 valence electrons. The number of furan rings is 1. The Labute approximate surface area is 197 Å². The Hall–Kier alpha value is -3.70. The molecule has 2 heterocycles. The number of dihydropyridines is 1. The summed E-state index contributed by atoms with van der Waals surface area (Å²) in [4.78, 5) is 25.3. The molecule has 1 aliphatic rings. The van der Waals surface area contributed by atoms with Crippen LogP contribution in [0.3, 0.4) is 0 Å². The Balaban J connectivity index is 1.83. The fourth-order valence-corrected chi connectivity index (χ4v) is 4.30. The molecular weight excluding hydrogens is 438 g/mol. The Bertz CT molecular complexity index is 1170. The zero-order valence-corrected chi connectivity index (χ0v) is 19.5. The summed E-state index contributed by atoms with van der Waals surface area (Å²) in [5.74, 6) is -0.994. The highest BCUT2D eigenvalue weighted by atomic mass is 32.2. The number of carbonyl (C=O) groups excluding carboxylic acids is 2. The lowest BCUT2D eigenvalue weighted by Gasteiger charge is -2.27. The monoisotopic (exact) mass is 463 g/mol. The standard InChI is InChI=1S/C25H25N3O4S/c1-5-10-32-25(30)22-17(4)27-24(19(13-26)23(22)20-7-6-11-31-20)33-14-21(29)28-18-9-8-15(2)16(3)12-18/h5-9,11-12,23,27H,1,10,14H2,2-4H3,(H,28,29)/t23-/m0/s1. The summed E-state index contributed by atoms with van der Waals surface area (Å²) in [5, 5.41) is 16.4. The van der Waals surface area contributed by atoms with Crippen molar-refractivity contribution in [2.45, 2.75) is 26.7 Å². The predicted octanol–water partition coefficient (Wildman–Crippen LogP) is 4.69. The number of carbonyl (C=O) groups is 2. The highest BCUT2D eigenvalue weighted by Gasteiger charge is 2.37. The number of nitriles is 1. The molecule has 33 heavy (non-hydrogen) atoms. The summed E-state index contributed by atoms with van der Waals surface area (Å²) in [6.07, 6.45) is 2.96. The van der Waals surface area contributed by atoms with Crippen molar-refractivity contribution in [3.63, 3.8) is 0 Å². The van der Waals surface area contributed by atoms with Crippen molar-refractivity contribution >= 4 is 29.3 Å². The minimum Gasteiger partial charge on any atom is -0.468 e. The van der Waals surface area contributed by atoms with Gasteiger partial charge in [0.25, 0.3) is 0 Å².